The lowest BCUT2D eigenvalue weighted by Gasteiger charge is -2.02. The van der Waals surface area contributed by atoms with Gasteiger partial charge in [-0.2, -0.15) is 0 Å². The standard InChI is InChI=1S/C12H12NOS/c1-3-14-11-6-4-10(5-7-11)12-13-8-9(2)15-12/h4-8H,2-3H2,1H3. The molecule has 2 nitrogen and oxygen atoms in total. The molecule has 0 aliphatic heterocycles. The maximum atomic E-state index is 5.37. The third-order valence-corrected chi connectivity index (χ3v) is 2.87. The van der Waals surface area contributed by atoms with Gasteiger partial charge in [0.25, 0.3) is 0 Å². The summed E-state index contributed by atoms with van der Waals surface area (Å²) in [6, 6.07) is 7.96. The van der Waals surface area contributed by atoms with Crippen LogP contribution in [0.3, 0.4) is 0 Å². The molecule has 1 aromatic carbocycles. The van der Waals surface area contributed by atoms with Crippen LogP contribution in [0.1, 0.15) is 11.8 Å². The van der Waals surface area contributed by atoms with E-state index in [0.29, 0.717) is 6.61 Å². The Morgan fingerprint density at radius 1 is 1.33 bits per heavy atom. The van der Waals surface area contributed by atoms with E-state index < -0.39 is 0 Å². The number of hydrogen-bond acceptors (Lipinski definition) is 3. The van der Waals surface area contributed by atoms with Gasteiger partial charge in [-0.05, 0) is 38.1 Å². The molecule has 2 rings (SSSR count). The fourth-order valence-electron chi connectivity index (χ4n) is 1.30. The summed E-state index contributed by atoms with van der Waals surface area (Å²) in [4.78, 5) is 5.26. The van der Waals surface area contributed by atoms with E-state index in [0.717, 1.165) is 21.2 Å². The highest BCUT2D eigenvalue weighted by Crippen LogP contribution is 2.26. The van der Waals surface area contributed by atoms with E-state index in [-0.39, 0.29) is 0 Å². The smallest absolute Gasteiger partial charge is 0.123 e. The molecule has 0 bridgehead atoms. The van der Waals surface area contributed by atoms with E-state index in [1.807, 2.05) is 31.2 Å². The molecule has 0 N–H and O–H groups in total. The molecule has 0 atom stereocenters. The van der Waals surface area contributed by atoms with Crippen LogP contribution in [-0.2, 0) is 0 Å². The summed E-state index contributed by atoms with van der Waals surface area (Å²) >= 11 is 1.60. The number of ether oxygens (including phenoxy) is 1. The molecular weight excluding hydrogens is 206 g/mol. The second kappa shape index (κ2) is 4.45. The molecule has 1 aromatic heterocycles. The van der Waals surface area contributed by atoms with Crippen molar-refractivity contribution in [1.29, 1.82) is 0 Å². The highest BCUT2D eigenvalue weighted by atomic mass is 32.1. The molecule has 1 radical (unpaired) electrons. The average molecular weight is 218 g/mol. The van der Waals surface area contributed by atoms with Crippen LogP contribution in [0.5, 0.6) is 5.75 Å². The van der Waals surface area contributed by atoms with E-state index in [1.54, 1.807) is 17.5 Å². The molecule has 3 heteroatoms. The zero-order valence-electron chi connectivity index (χ0n) is 8.56. The van der Waals surface area contributed by atoms with Gasteiger partial charge in [0.05, 0.1) is 6.61 Å². The molecule has 0 amide bonds. The molecule has 0 aliphatic carbocycles. The Morgan fingerprint density at radius 2 is 2.07 bits per heavy atom. The van der Waals surface area contributed by atoms with Crippen LogP contribution in [0.15, 0.2) is 30.5 Å². The molecule has 1 heterocycles. The van der Waals surface area contributed by atoms with Crippen LogP contribution >= 0.6 is 11.3 Å². The maximum absolute atomic E-state index is 5.37. The summed E-state index contributed by atoms with van der Waals surface area (Å²) < 4.78 is 5.37. The number of rotatable bonds is 3. The Morgan fingerprint density at radius 3 is 2.60 bits per heavy atom. The van der Waals surface area contributed by atoms with Crippen molar-refractivity contribution in [3.63, 3.8) is 0 Å². The minimum Gasteiger partial charge on any atom is -0.494 e. The summed E-state index contributed by atoms with van der Waals surface area (Å²) in [5, 5.41) is 1.00. The first kappa shape index (κ1) is 10.2. The quantitative estimate of drug-likeness (QED) is 0.787. The Bertz CT molecular complexity index is 433. The van der Waals surface area contributed by atoms with Crippen molar-refractivity contribution in [3.05, 3.63) is 42.3 Å². The highest BCUT2D eigenvalue weighted by Gasteiger charge is 2.02. The van der Waals surface area contributed by atoms with Gasteiger partial charge in [-0.15, -0.1) is 11.3 Å². The molecule has 0 saturated heterocycles. The monoisotopic (exact) mass is 218 g/mol. The Hall–Kier alpha value is -1.35. The van der Waals surface area contributed by atoms with Crippen molar-refractivity contribution in [3.8, 4) is 16.3 Å². The van der Waals surface area contributed by atoms with Gasteiger partial charge >= 0.3 is 0 Å². The average Bonchev–Trinajstić information content (AvgIpc) is 2.67. The van der Waals surface area contributed by atoms with E-state index in [4.69, 9.17) is 4.74 Å². The molecular formula is C12H12NOS. The Kier molecular flexibility index (Phi) is 3.02. The predicted molar refractivity (Wildman–Crippen MR) is 63.2 cm³/mol. The molecule has 15 heavy (non-hydrogen) atoms. The van der Waals surface area contributed by atoms with Crippen LogP contribution < -0.4 is 4.74 Å². The minimum absolute atomic E-state index is 0.694. The third kappa shape index (κ3) is 2.36. The fourth-order valence-corrected chi connectivity index (χ4v) is 2.01. The van der Waals surface area contributed by atoms with Gasteiger partial charge in [-0.25, -0.2) is 4.98 Å². The first-order chi connectivity index (χ1) is 7.29. The van der Waals surface area contributed by atoms with Crippen molar-refractivity contribution in [2.45, 2.75) is 6.92 Å². The minimum atomic E-state index is 0.694. The second-order valence-electron chi connectivity index (χ2n) is 3.09. The molecule has 2 aromatic rings. The Labute approximate surface area is 93.6 Å². The van der Waals surface area contributed by atoms with Gasteiger partial charge < -0.3 is 4.74 Å². The van der Waals surface area contributed by atoms with Gasteiger partial charge in [-0.1, -0.05) is 0 Å². The van der Waals surface area contributed by atoms with Crippen molar-refractivity contribution in [1.82, 2.24) is 4.98 Å². The summed E-state index contributed by atoms with van der Waals surface area (Å²) in [5.41, 5.74) is 1.11. The number of thiazole rings is 1. The van der Waals surface area contributed by atoms with E-state index >= 15 is 0 Å². The first-order valence-corrected chi connectivity index (χ1v) is 5.62. The van der Waals surface area contributed by atoms with E-state index in [1.165, 1.54) is 0 Å². The predicted octanol–water partition coefficient (Wildman–Crippen LogP) is 3.39. The number of aromatic nitrogens is 1. The normalized spacial score (nSPS) is 10.3. The van der Waals surface area contributed by atoms with Crippen LogP contribution in [0.4, 0.5) is 0 Å². The third-order valence-electron chi connectivity index (χ3n) is 1.97. The largest absolute Gasteiger partial charge is 0.494 e. The summed E-state index contributed by atoms with van der Waals surface area (Å²) in [6.45, 7) is 6.52. The number of benzene rings is 1. The zero-order chi connectivity index (χ0) is 10.7. The second-order valence-corrected chi connectivity index (χ2v) is 4.20. The van der Waals surface area contributed by atoms with Crippen molar-refractivity contribution < 1.29 is 4.74 Å². The lowest BCUT2D eigenvalue weighted by molar-refractivity contribution is 0.340. The van der Waals surface area contributed by atoms with Crippen LogP contribution in [0.2, 0.25) is 0 Å². The topological polar surface area (TPSA) is 22.1 Å². The van der Waals surface area contributed by atoms with Gasteiger partial charge in [0, 0.05) is 16.6 Å². The van der Waals surface area contributed by atoms with Crippen molar-refractivity contribution in [2.75, 3.05) is 6.61 Å². The summed E-state index contributed by atoms with van der Waals surface area (Å²) in [6.07, 6.45) is 1.79. The number of hydrogen-bond donors (Lipinski definition) is 0. The van der Waals surface area contributed by atoms with Gasteiger partial charge in [0.15, 0.2) is 0 Å². The van der Waals surface area contributed by atoms with E-state index in [2.05, 4.69) is 11.9 Å². The molecule has 0 unspecified atom stereocenters. The van der Waals surface area contributed by atoms with Crippen LogP contribution in [0, 0.1) is 6.92 Å². The number of nitrogens with zero attached hydrogens (tertiary/aromatic N) is 1. The SMILES string of the molecule is [CH2]c1cnc(-c2ccc(OCC)cc2)s1. The van der Waals surface area contributed by atoms with E-state index in [9.17, 15) is 0 Å². The van der Waals surface area contributed by atoms with Crippen molar-refractivity contribution >= 4 is 11.3 Å². The molecule has 77 valence electrons. The molecule has 0 spiro atoms. The fraction of sp³-hybridized carbons (Fsp3) is 0.167. The first-order valence-electron chi connectivity index (χ1n) is 4.80. The summed E-state index contributed by atoms with van der Waals surface area (Å²) in [5.74, 6) is 0.896. The van der Waals surface area contributed by atoms with Gasteiger partial charge in [0.1, 0.15) is 10.8 Å². The lowest BCUT2D eigenvalue weighted by Crippen LogP contribution is -1.90. The molecule has 0 aliphatic rings. The summed E-state index contributed by atoms with van der Waals surface area (Å²) in [7, 11) is 0. The molecule has 0 saturated carbocycles. The van der Waals surface area contributed by atoms with Gasteiger partial charge in [-0.3, -0.25) is 0 Å². The van der Waals surface area contributed by atoms with Crippen LogP contribution in [0.25, 0.3) is 10.6 Å². The molecule has 0 fully saturated rings. The zero-order valence-corrected chi connectivity index (χ0v) is 9.38. The highest BCUT2D eigenvalue weighted by molar-refractivity contribution is 7.15. The van der Waals surface area contributed by atoms with Crippen molar-refractivity contribution in [2.24, 2.45) is 0 Å². The Balaban J connectivity index is 2.23. The van der Waals surface area contributed by atoms with Crippen LogP contribution in [-0.4, -0.2) is 11.6 Å². The van der Waals surface area contributed by atoms with Gasteiger partial charge in [0.2, 0.25) is 0 Å². The lowest BCUT2D eigenvalue weighted by atomic mass is 10.2. The maximum Gasteiger partial charge on any atom is 0.123 e.